The Labute approximate surface area is 69.8 Å². The van der Waals surface area contributed by atoms with Gasteiger partial charge in [-0.15, -0.1) is 8.58 Å². The minimum absolute atomic E-state index is 0.0729. The van der Waals surface area contributed by atoms with E-state index in [1.807, 2.05) is 0 Å². The van der Waals surface area contributed by atoms with Crippen LogP contribution in [0.3, 0.4) is 0 Å². The lowest BCUT2D eigenvalue weighted by Crippen LogP contribution is -2.41. The molecular formula is C6H12O3P2. The topological polar surface area (TPSA) is 27.7 Å². The summed E-state index contributed by atoms with van der Waals surface area (Å²) in [6.45, 7) is 0.732. The van der Waals surface area contributed by atoms with E-state index >= 15 is 0 Å². The fourth-order valence-corrected chi connectivity index (χ4v) is 3.52. The summed E-state index contributed by atoms with van der Waals surface area (Å²) in [5.74, 6) is 0. The first-order chi connectivity index (χ1) is 5.41. The Morgan fingerprint density at radius 2 is 2.00 bits per heavy atom. The molecule has 2 aliphatic heterocycles. The fraction of sp³-hybridized carbons (Fsp3) is 1.00. The summed E-state index contributed by atoms with van der Waals surface area (Å²) in [5, 5.41) is 0. The van der Waals surface area contributed by atoms with Gasteiger partial charge in [0.05, 0.1) is 6.61 Å². The first-order valence-electron chi connectivity index (χ1n) is 3.84. The second-order valence-corrected chi connectivity index (χ2v) is 5.09. The second-order valence-electron chi connectivity index (χ2n) is 2.97. The summed E-state index contributed by atoms with van der Waals surface area (Å²) in [4.78, 5) is 5.30. The molecule has 0 saturated carbocycles. The molecule has 2 saturated heterocycles. The van der Waals surface area contributed by atoms with Crippen LogP contribution in [0.15, 0.2) is 0 Å². The average Bonchev–Trinajstić information content (AvgIpc) is 2.07. The van der Waals surface area contributed by atoms with Crippen LogP contribution >= 0.6 is 17.6 Å². The van der Waals surface area contributed by atoms with Gasteiger partial charge >= 0.3 is 0 Å². The SMILES string of the molecule is C1CC2(CCP1)COPOO2. The highest BCUT2D eigenvalue weighted by atomic mass is 31.1. The largest absolute Gasteiger partial charge is 0.331 e. The van der Waals surface area contributed by atoms with Gasteiger partial charge in [-0.3, -0.25) is 0 Å². The third-order valence-corrected chi connectivity index (χ3v) is 3.78. The van der Waals surface area contributed by atoms with Crippen LogP contribution in [0.4, 0.5) is 0 Å². The Morgan fingerprint density at radius 1 is 1.18 bits per heavy atom. The van der Waals surface area contributed by atoms with Gasteiger partial charge in [0.15, 0.2) is 9.03 Å². The van der Waals surface area contributed by atoms with E-state index in [0.717, 1.165) is 28.0 Å². The summed E-state index contributed by atoms with van der Waals surface area (Å²) >= 11 is 0. The van der Waals surface area contributed by atoms with E-state index in [-0.39, 0.29) is 14.6 Å². The molecule has 0 amide bonds. The Morgan fingerprint density at radius 3 is 2.64 bits per heavy atom. The Kier molecular flexibility index (Phi) is 2.76. The van der Waals surface area contributed by atoms with Crippen LogP contribution in [0.2, 0.25) is 0 Å². The maximum atomic E-state index is 5.30. The third-order valence-electron chi connectivity index (χ3n) is 2.16. The highest BCUT2D eigenvalue weighted by Crippen LogP contribution is 2.39. The average molecular weight is 194 g/mol. The number of hydrogen-bond donors (Lipinski definition) is 0. The second kappa shape index (κ2) is 3.64. The molecule has 0 N–H and O–H groups in total. The van der Waals surface area contributed by atoms with Gasteiger partial charge in [-0.2, -0.15) is 4.67 Å². The molecule has 1 unspecified atom stereocenters. The Hall–Kier alpha value is 0.740. The summed E-state index contributed by atoms with van der Waals surface area (Å²) in [7, 11) is 1.19. The van der Waals surface area contributed by atoms with Gasteiger partial charge in [-0.1, -0.05) is 0 Å². The van der Waals surface area contributed by atoms with Gasteiger partial charge in [0, 0.05) is 0 Å². The standard InChI is InChI=1S/C6H12O3P2/c1-3-10-4-2-6(1)5-7-11-9-8-6/h10-11H,1-5H2. The van der Waals surface area contributed by atoms with Crippen molar-refractivity contribution < 1.29 is 14.1 Å². The normalized spacial score (nSPS) is 43.6. The smallest absolute Gasteiger partial charge is 0.194 e. The van der Waals surface area contributed by atoms with Crippen molar-refractivity contribution in [1.29, 1.82) is 0 Å². The first-order valence-corrected chi connectivity index (χ1v) is 6.07. The number of hydrogen-bond acceptors (Lipinski definition) is 3. The molecule has 1 atom stereocenters. The molecule has 0 aromatic heterocycles. The van der Waals surface area contributed by atoms with E-state index in [0.29, 0.717) is 0 Å². The van der Waals surface area contributed by atoms with Crippen LogP contribution in [-0.2, 0) is 14.1 Å². The third kappa shape index (κ3) is 1.91. The van der Waals surface area contributed by atoms with Gasteiger partial charge < -0.3 is 4.52 Å². The van der Waals surface area contributed by atoms with Gasteiger partial charge in [-0.05, 0) is 25.2 Å². The highest BCUT2D eigenvalue weighted by molar-refractivity contribution is 7.38. The van der Waals surface area contributed by atoms with Crippen molar-refractivity contribution in [2.75, 3.05) is 18.9 Å². The fourth-order valence-electron chi connectivity index (χ4n) is 1.42. The summed E-state index contributed by atoms with van der Waals surface area (Å²) in [5.41, 5.74) is -0.0729. The first kappa shape index (κ1) is 8.34. The monoisotopic (exact) mass is 194 g/mol. The molecule has 3 nitrogen and oxygen atoms in total. The summed E-state index contributed by atoms with van der Waals surface area (Å²) in [6, 6.07) is 0. The molecule has 2 fully saturated rings. The molecule has 0 aromatic carbocycles. The van der Waals surface area contributed by atoms with Crippen molar-refractivity contribution in [3.05, 3.63) is 0 Å². The van der Waals surface area contributed by atoms with Crippen molar-refractivity contribution in [2.45, 2.75) is 18.4 Å². The molecule has 0 radical (unpaired) electrons. The molecule has 1 spiro atoms. The zero-order valence-corrected chi connectivity index (χ0v) is 8.26. The lowest BCUT2D eigenvalue weighted by atomic mass is 9.98. The lowest BCUT2D eigenvalue weighted by molar-refractivity contribution is -0.317. The maximum absolute atomic E-state index is 5.30. The van der Waals surface area contributed by atoms with Gasteiger partial charge in [0.1, 0.15) is 5.60 Å². The predicted molar refractivity (Wildman–Crippen MR) is 46.5 cm³/mol. The van der Waals surface area contributed by atoms with E-state index < -0.39 is 0 Å². The van der Waals surface area contributed by atoms with Crippen molar-refractivity contribution in [3.63, 3.8) is 0 Å². The Bertz CT molecular complexity index is 110. The molecule has 2 heterocycles. The van der Waals surface area contributed by atoms with Gasteiger partial charge in [0.25, 0.3) is 0 Å². The molecule has 11 heavy (non-hydrogen) atoms. The lowest BCUT2D eigenvalue weighted by Gasteiger charge is -2.37. The molecular weight excluding hydrogens is 182 g/mol. The van der Waals surface area contributed by atoms with Crippen molar-refractivity contribution in [1.82, 2.24) is 0 Å². The minimum atomic E-state index is -0.0729. The zero-order valence-electron chi connectivity index (χ0n) is 6.26. The molecule has 0 aromatic rings. The highest BCUT2D eigenvalue weighted by Gasteiger charge is 2.37. The molecule has 2 rings (SSSR count). The summed E-state index contributed by atoms with van der Waals surface area (Å²) in [6.07, 6.45) is 4.76. The van der Waals surface area contributed by atoms with E-state index in [9.17, 15) is 0 Å². The van der Waals surface area contributed by atoms with Gasteiger partial charge in [-0.25, -0.2) is 4.89 Å². The van der Waals surface area contributed by atoms with Crippen molar-refractivity contribution in [2.24, 2.45) is 0 Å². The summed E-state index contributed by atoms with van der Waals surface area (Å²) < 4.78 is 10.1. The van der Waals surface area contributed by atoms with E-state index in [2.05, 4.69) is 0 Å². The predicted octanol–water partition coefficient (Wildman–Crippen LogP) is 1.68. The molecule has 64 valence electrons. The van der Waals surface area contributed by atoms with Crippen LogP contribution in [0.1, 0.15) is 12.8 Å². The van der Waals surface area contributed by atoms with Gasteiger partial charge in [0.2, 0.25) is 0 Å². The Balaban J connectivity index is 1.94. The number of rotatable bonds is 0. The minimum Gasteiger partial charge on any atom is -0.331 e. The quantitative estimate of drug-likeness (QED) is 0.433. The van der Waals surface area contributed by atoms with Crippen molar-refractivity contribution >= 4 is 17.6 Å². The molecule has 2 aliphatic rings. The van der Waals surface area contributed by atoms with Crippen LogP contribution in [0.5, 0.6) is 0 Å². The van der Waals surface area contributed by atoms with E-state index in [1.165, 1.54) is 12.3 Å². The molecule has 5 heteroatoms. The van der Waals surface area contributed by atoms with E-state index in [4.69, 9.17) is 14.1 Å². The van der Waals surface area contributed by atoms with E-state index in [1.54, 1.807) is 0 Å². The maximum Gasteiger partial charge on any atom is 0.194 e. The van der Waals surface area contributed by atoms with Crippen LogP contribution in [0, 0.1) is 0 Å². The zero-order chi connectivity index (χ0) is 7.57. The van der Waals surface area contributed by atoms with Crippen molar-refractivity contribution in [3.8, 4) is 0 Å². The van der Waals surface area contributed by atoms with Crippen LogP contribution < -0.4 is 0 Å². The molecule has 0 bridgehead atoms. The van der Waals surface area contributed by atoms with Crippen LogP contribution in [-0.4, -0.2) is 24.5 Å². The molecule has 0 aliphatic carbocycles. The van der Waals surface area contributed by atoms with Crippen LogP contribution in [0.25, 0.3) is 0 Å².